The molecular weight excluding hydrogens is 849 g/mol. The molecule has 5 aromatic rings. The molecule has 3 aliphatic heterocycles. The molecule has 3 amide bonds. The zero-order chi connectivity index (χ0) is 45.1. The molecule has 0 saturated carbocycles. The third kappa shape index (κ3) is 9.60. The summed E-state index contributed by atoms with van der Waals surface area (Å²) < 4.78 is 64.6. The predicted octanol–water partition coefficient (Wildman–Crippen LogP) is 4.89. The van der Waals surface area contributed by atoms with Gasteiger partial charge in [-0.3, -0.25) is 29.2 Å². The molecule has 3 fully saturated rings. The molecule has 2 aromatic carbocycles. The minimum atomic E-state index is -4.14. The summed E-state index contributed by atoms with van der Waals surface area (Å²) in [5.74, 6) is -2.37. The molecule has 3 aliphatic rings. The van der Waals surface area contributed by atoms with E-state index in [1.54, 1.807) is 25.4 Å². The number of piperidine rings is 3. The number of ketones is 1. The number of ether oxygens (including phenoxy) is 1. The molecule has 8 rings (SSSR count). The van der Waals surface area contributed by atoms with E-state index in [2.05, 4.69) is 30.2 Å². The number of fused-ring (bicyclic) bond motifs is 1. The Labute approximate surface area is 368 Å². The third-order valence-corrected chi connectivity index (χ3v) is 13.9. The first kappa shape index (κ1) is 44.3. The van der Waals surface area contributed by atoms with Crippen molar-refractivity contribution in [3.05, 3.63) is 102 Å². The van der Waals surface area contributed by atoms with Gasteiger partial charge in [-0.15, -0.1) is 0 Å². The summed E-state index contributed by atoms with van der Waals surface area (Å²) in [6.45, 7) is 4.81. The Morgan fingerprint density at radius 2 is 1.66 bits per heavy atom. The van der Waals surface area contributed by atoms with E-state index in [1.807, 2.05) is 41.3 Å². The van der Waals surface area contributed by atoms with Gasteiger partial charge in [0.2, 0.25) is 17.6 Å². The largest absolute Gasteiger partial charge is 0.481 e. The number of nitrogens with one attached hydrogen (secondary N) is 4. The van der Waals surface area contributed by atoms with Gasteiger partial charge in [0, 0.05) is 99.3 Å². The Morgan fingerprint density at radius 3 is 2.34 bits per heavy atom. The monoisotopic (exact) mass is 897 g/mol. The van der Waals surface area contributed by atoms with Gasteiger partial charge in [-0.05, 0) is 79.6 Å². The first-order valence-corrected chi connectivity index (χ1v) is 22.8. The number of carbonyl (C=O) groups is 4. The van der Waals surface area contributed by atoms with Gasteiger partial charge in [0.05, 0.1) is 17.8 Å². The highest BCUT2D eigenvalue weighted by molar-refractivity contribution is 7.90. The summed E-state index contributed by atoms with van der Waals surface area (Å²) >= 11 is 0. The molecule has 336 valence electrons. The van der Waals surface area contributed by atoms with Crippen molar-refractivity contribution in [1.82, 2.24) is 34.8 Å². The fourth-order valence-corrected chi connectivity index (χ4v) is 9.27. The standard InChI is InChI=1S/C45H49F2N9O7S/c1-3-54(2)64(61,62)53-36-10-9-35(46)41(42(36)47)43(59)34-25-51-44-33(34)22-30(24-50-44)29-6-12-38(49-23-29)55-20-16-31(17-21-55)48-26-40(58)56-18-14-28(15-19-56)27-4-7-32(8-5-27)63-37-11-13-39(57)52-45(37)60/h4-10,12,22-25,28,31,37,48,53H,3,11,13-21,26H2,1-2H3,(H,50,51)(H,52,57,60). The van der Waals surface area contributed by atoms with Crippen LogP contribution in [0.2, 0.25) is 0 Å². The first-order valence-electron chi connectivity index (χ1n) is 21.3. The molecule has 16 nitrogen and oxygen atoms in total. The average molecular weight is 898 g/mol. The van der Waals surface area contributed by atoms with Crippen molar-refractivity contribution >= 4 is 56.3 Å². The Balaban J connectivity index is 0.812. The van der Waals surface area contributed by atoms with E-state index in [4.69, 9.17) is 9.72 Å². The first-order chi connectivity index (χ1) is 30.8. The lowest BCUT2D eigenvalue weighted by atomic mass is 9.89. The van der Waals surface area contributed by atoms with Crippen molar-refractivity contribution in [3.63, 3.8) is 0 Å². The Kier molecular flexibility index (Phi) is 13.0. The summed E-state index contributed by atoms with van der Waals surface area (Å²) in [5.41, 5.74) is 1.31. The Hall–Kier alpha value is -6.31. The number of benzene rings is 2. The van der Waals surface area contributed by atoms with Crippen LogP contribution in [0.25, 0.3) is 22.2 Å². The van der Waals surface area contributed by atoms with Gasteiger partial charge in [-0.2, -0.15) is 12.7 Å². The second-order valence-corrected chi connectivity index (χ2v) is 18.1. The summed E-state index contributed by atoms with van der Waals surface area (Å²) in [4.78, 5) is 66.4. The van der Waals surface area contributed by atoms with Crippen molar-refractivity contribution in [1.29, 1.82) is 0 Å². The van der Waals surface area contributed by atoms with Crippen LogP contribution in [-0.4, -0.2) is 115 Å². The molecular formula is C45H49F2N9O7S. The normalized spacial score (nSPS) is 17.8. The number of anilines is 2. The predicted molar refractivity (Wildman–Crippen MR) is 235 cm³/mol. The minimum Gasteiger partial charge on any atom is -0.481 e. The highest BCUT2D eigenvalue weighted by atomic mass is 32.2. The molecule has 1 unspecified atom stereocenters. The van der Waals surface area contributed by atoms with Crippen LogP contribution in [0.4, 0.5) is 20.3 Å². The maximum atomic E-state index is 15.6. The van der Waals surface area contributed by atoms with E-state index in [9.17, 15) is 27.6 Å². The van der Waals surface area contributed by atoms with Crippen LogP contribution in [-0.2, 0) is 24.6 Å². The van der Waals surface area contributed by atoms with Gasteiger partial charge in [-0.25, -0.2) is 18.7 Å². The number of hydrogen-bond acceptors (Lipinski definition) is 11. The van der Waals surface area contributed by atoms with E-state index in [-0.39, 0.29) is 42.9 Å². The number of carbonyl (C=O) groups excluding carboxylic acids is 4. The smallest absolute Gasteiger partial charge is 0.301 e. The molecule has 0 aliphatic carbocycles. The molecule has 3 aromatic heterocycles. The van der Waals surface area contributed by atoms with Crippen molar-refractivity contribution in [2.75, 3.05) is 55.9 Å². The maximum Gasteiger partial charge on any atom is 0.301 e. The number of rotatable bonds is 14. The van der Waals surface area contributed by atoms with Gasteiger partial charge in [0.1, 0.15) is 23.0 Å². The van der Waals surface area contributed by atoms with Crippen LogP contribution in [0.5, 0.6) is 5.75 Å². The highest BCUT2D eigenvalue weighted by Gasteiger charge is 2.30. The number of nitrogens with zero attached hydrogens (tertiary/aromatic N) is 5. The Morgan fingerprint density at radius 1 is 0.922 bits per heavy atom. The van der Waals surface area contributed by atoms with Crippen LogP contribution in [0.15, 0.2) is 73.2 Å². The van der Waals surface area contributed by atoms with Gasteiger partial charge in [0.15, 0.2) is 11.9 Å². The number of hydrogen-bond donors (Lipinski definition) is 4. The molecule has 3 saturated heterocycles. The second kappa shape index (κ2) is 18.8. The molecule has 4 N–H and O–H groups in total. The van der Waals surface area contributed by atoms with Crippen LogP contribution >= 0.6 is 0 Å². The van der Waals surface area contributed by atoms with E-state index >= 15 is 8.78 Å². The van der Waals surface area contributed by atoms with E-state index in [0.717, 1.165) is 61.0 Å². The van der Waals surface area contributed by atoms with Crippen LogP contribution in [0.3, 0.4) is 0 Å². The van der Waals surface area contributed by atoms with Gasteiger partial charge in [-0.1, -0.05) is 19.1 Å². The SMILES string of the molecule is CCN(C)S(=O)(=O)Nc1ccc(F)c(C(=O)c2c[nH]c3ncc(-c4ccc(N5CCC(NCC(=O)N6CCC(c7ccc(OC8CCC(=O)NC8=O)cc7)CC6)CC5)nc4)cc23)c1F. The number of aromatic amines is 1. The lowest BCUT2D eigenvalue weighted by Crippen LogP contribution is -2.48. The lowest BCUT2D eigenvalue weighted by molar-refractivity contribution is -0.139. The van der Waals surface area contributed by atoms with Gasteiger partial charge >= 0.3 is 10.2 Å². The number of imide groups is 1. The van der Waals surface area contributed by atoms with Crippen LogP contribution in [0, 0.1) is 11.6 Å². The number of likely N-dealkylation sites (tertiary alicyclic amines) is 1. The number of halogens is 2. The lowest BCUT2D eigenvalue weighted by Gasteiger charge is -2.35. The molecule has 1 atom stereocenters. The van der Waals surface area contributed by atoms with Crippen LogP contribution in [0.1, 0.15) is 72.9 Å². The number of pyridine rings is 2. The van der Waals surface area contributed by atoms with Crippen LogP contribution < -0.4 is 25.0 Å². The summed E-state index contributed by atoms with van der Waals surface area (Å²) in [6.07, 6.45) is 7.94. The number of amides is 3. The van der Waals surface area contributed by atoms with Crippen molar-refractivity contribution in [2.45, 2.75) is 63.5 Å². The van der Waals surface area contributed by atoms with E-state index < -0.39 is 50.9 Å². The molecule has 19 heteroatoms. The number of H-pyrrole nitrogens is 1. The topological polar surface area (TPSA) is 199 Å². The zero-order valence-corrected chi connectivity index (χ0v) is 36.2. The highest BCUT2D eigenvalue weighted by Crippen LogP contribution is 2.32. The van der Waals surface area contributed by atoms with Crippen molar-refractivity contribution in [2.24, 2.45) is 0 Å². The third-order valence-electron chi connectivity index (χ3n) is 12.3. The molecule has 0 radical (unpaired) electrons. The van der Waals surface area contributed by atoms with Crippen molar-refractivity contribution < 1.29 is 41.1 Å². The fraction of sp³-hybridized carbons (Fsp3) is 0.378. The average Bonchev–Trinajstić information content (AvgIpc) is 3.74. The van der Waals surface area contributed by atoms with Crippen molar-refractivity contribution in [3.8, 4) is 16.9 Å². The quantitative estimate of drug-likeness (QED) is 0.0875. The Bertz CT molecular complexity index is 2670. The fourth-order valence-electron chi connectivity index (χ4n) is 8.34. The summed E-state index contributed by atoms with van der Waals surface area (Å²) in [5, 5.41) is 6.10. The van der Waals surface area contributed by atoms with E-state index in [1.165, 1.54) is 18.8 Å². The van der Waals surface area contributed by atoms with Gasteiger partial charge in [0.25, 0.3) is 5.91 Å². The number of aromatic nitrogens is 3. The van der Waals surface area contributed by atoms with Gasteiger partial charge < -0.3 is 24.8 Å². The maximum absolute atomic E-state index is 15.6. The summed E-state index contributed by atoms with van der Waals surface area (Å²) in [6, 6.07) is 15.2. The second-order valence-electron chi connectivity index (χ2n) is 16.3. The molecule has 0 spiro atoms. The minimum absolute atomic E-state index is 0.0411. The molecule has 0 bridgehead atoms. The van der Waals surface area contributed by atoms with E-state index in [0.29, 0.717) is 53.3 Å². The summed E-state index contributed by atoms with van der Waals surface area (Å²) in [7, 11) is -2.85. The molecule has 6 heterocycles. The molecule has 64 heavy (non-hydrogen) atoms. The zero-order valence-electron chi connectivity index (χ0n) is 35.4.